The molecule has 4 nitrogen and oxygen atoms in total. The minimum Gasteiger partial charge on any atom is -0.493 e. The van der Waals surface area contributed by atoms with Gasteiger partial charge in [0.25, 0.3) is 0 Å². The third-order valence-corrected chi connectivity index (χ3v) is 4.60. The Bertz CT molecular complexity index is 630. The summed E-state index contributed by atoms with van der Waals surface area (Å²) in [5.74, 6) is 1.40. The Hall–Kier alpha value is -1.56. The van der Waals surface area contributed by atoms with Crippen molar-refractivity contribution in [1.82, 2.24) is 5.32 Å². The summed E-state index contributed by atoms with van der Waals surface area (Å²) in [6.07, 6.45) is 0.878. The summed E-state index contributed by atoms with van der Waals surface area (Å²) in [6.45, 7) is 3.31. The number of methoxy groups -OCH3 is 1. The summed E-state index contributed by atoms with van der Waals surface area (Å²) in [5, 5.41) is 12.6. The quantitative estimate of drug-likeness (QED) is 0.678. The molecule has 0 saturated heterocycles. The average Bonchev–Trinajstić information content (AvgIpc) is 2.62. The second-order valence-electron chi connectivity index (χ2n) is 5.54. The molecular weight excluding hydrogens is 370 g/mol. The Kier molecular flexibility index (Phi) is 7.56. The van der Waals surface area contributed by atoms with Gasteiger partial charge in [0, 0.05) is 17.1 Å². The van der Waals surface area contributed by atoms with Crippen LogP contribution in [0, 0.1) is 0 Å². The molecule has 0 aliphatic carbocycles. The first-order chi connectivity index (χ1) is 11.7. The Morgan fingerprint density at radius 3 is 2.54 bits per heavy atom. The van der Waals surface area contributed by atoms with Gasteiger partial charge in [0.1, 0.15) is 6.61 Å². The van der Waals surface area contributed by atoms with Gasteiger partial charge in [0.15, 0.2) is 11.5 Å². The molecule has 2 aromatic rings. The van der Waals surface area contributed by atoms with Gasteiger partial charge in [-0.25, -0.2) is 0 Å². The maximum atomic E-state index is 9.28. The van der Waals surface area contributed by atoms with Crippen molar-refractivity contribution in [2.45, 2.75) is 32.5 Å². The zero-order chi connectivity index (χ0) is 17.4. The maximum Gasteiger partial charge on any atom is 0.162 e. The normalized spacial score (nSPS) is 12.0. The maximum absolute atomic E-state index is 9.28. The predicted molar refractivity (Wildman–Crippen MR) is 99.5 cm³/mol. The fourth-order valence-electron chi connectivity index (χ4n) is 2.31. The molecule has 2 aromatic carbocycles. The molecule has 0 bridgehead atoms. The lowest BCUT2D eigenvalue weighted by Gasteiger charge is -2.17. The number of aliphatic hydroxyl groups excluding tert-OH is 1. The van der Waals surface area contributed by atoms with Crippen LogP contribution in [0.4, 0.5) is 0 Å². The number of halogens is 1. The first kappa shape index (κ1) is 18.8. The van der Waals surface area contributed by atoms with Gasteiger partial charge in [-0.2, -0.15) is 0 Å². The molecule has 0 fully saturated rings. The van der Waals surface area contributed by atoms with E-state index >= 15 is 0 Å². The third-order valence-electron chi connectivity index (χ3n) is 3.86. The van der Waals surface area contributed by atoms with Crippen LogP contribution in [0.15, 0.2) is 46.9 Å². The van der Waals surface area contributed by atoms with Crippen LogP contribution in [0.2, 0.25) is 0 Å². The predicted octanol–water partition coefficient (Wildman–Crippen LogP) is 3.90. The Morgan fingerprint density at radius 1 is 1.17 bits per heavy atom. The van der Waals surface area contributed by atoms with Gasteiger partial charge in [-0.05, 0) is 29.7 Å². The van der Waals surface area contributed by atoms with Crippen molar-refractivity contribution >= 4 is 15.9 Å². The second-order valence-corrected chi connectivity index (χ2v) is 6.39. The van der Waals surface area contributed by atoms with E-state index in [1.807, 2.05) is 49.4 Å². The van der Waals surface area contributed by atoms with Gasteiger partial charge in [0.05, 0.1) is 13.7 Å². The van der Waals surface area contributed by atoms with Gasteiger partial charge in [-0.3, -0.25) is 0 Å². The fraction of sp³-hybridized carbons (Fsp3) is 0.368. The smallest absolute Gasteiger partial charge is 0.162 e. The molecule has 1 unspecified atom stereocenters. The number of aliphatic hydroxyl groups is 1. The van der Waals surface area contributed by atoms with Crippen molar-refractivity contribution < 1.29 is 14.6 Å². The molecule has 2 rings (SSSR count). The monoisotopic (exact) mass is 393 g/mol. The lowest BCUT2D eigenvalue weighted by molar-refractivity contribution is 0.238. The number of benzene rings is 2. The highest BCUT2D eigenvalue weighted by Gasteiger charge is 2.12. The standard InChI is InChI=1S/C19H24BrNO3/c1-3-16(12-22)21-11-15-9-18(23-2)19(10-17(15)20)24-13-14-7-5-4-6-8-14/h4-10,16,21-22H,3,11-13H2,1-2H3. The van der Waals surface area contributed by atoms with Crippen molar-refractivity contribution in [2.75, 3.05) is 13.7 Å². The zero-order valence-corrected chi connectivity index (χ0v) is 15.7. The highest BCUT2D eigenvalue weighted by Crippen LogP contribution is 2.34. The molecule has 0 heterocycles. The van der Waals surface area contributed by atoms with Gasteiger partial charge in [-0.1, -0.05) is 53.2 Å². The van der Waals surface area contributed by atoms with Crippen LogP contribution in [-0.2, 0) is 13.2 Å². The van der Waals surface area contributed by atoms with E-state index < -0.39 is 0 Å². The summed E-state index contributed by atoms with van der Waals surface area (Å²) < 4.78 is 12.3. The number of nitrogens with one attached hydrogen (secondary N) is 1. The van der Waals surface area contributed by atoms with E-state index in [2.05, 4.69) is 21.2 Å². The highest BCUT2D eigenvalue weighted by atomic mass is 79.9. The molecular formula is C19H24BrNO3. The first-order valence-electron chi connectivity index (χ1n) is 8.05. The Balaban J connectivity index is 2.08. The van der Waals surface area contributed by atoms with Crippen LogP contribution in [0.3, 0.4) is 0 Å². The number of rotatable bonds is 9. The SMILES string of the molecule is CCC(CO)NCc1cc(OC)c(OCc2ccccc2)cc1Br. The molecule has 0 aliphatic heterocycles. The van der Waals surface area contributed by atoms with Crippen LogP contribution in [0.1, 0.15) is 24.5 Å². The summed E-state index contributed by atoms with van der Waals surface area (Å²) in [7, 11) is 1.64. The van der Waals surface area contributed by atoms with Crippen molar-refractivity contribution in [2.24, 2.45) is 0 Å². The Labute approximate surface area is 151 Å². The van der Waals surface area contributed by atoms with Crippen LogP contribution in [0.25, 0.3) is 0 Å². The van der Waals surface area contributed by atoms with Crippen molar-refractivity contribution in [3.8, 4) is 11.5 Å². The number of hydrogen-bond donors (Lipinski definition) is 2. The van der Waals surface area contributed by atoms with E-state index in [1.165, 1.54) is 0 Å². The van der Waals surface area contributed by atoms with Gasteiger partial charge in [-0.15, -0.1) is 0 Å². The van der Waals surface area contributed by atoms with E-state index in [0.29, 0.717) is 24.7 Å². The molecule has 0 spiro atoms. The molecule has 0 saturated carbocycles. The molecule has 5 heteroatoms. The summed E-state index contributed by atoms with van der Waals surface area (Å²) in [5.41, 5.74) is 2.17. The third kappa shape index (κ3) is 5.23. The number of hydrogen-bond acceptors (Lipinski definition) is 4. The largest absolute Gasteiger partial charge is 0.493 e. The second kappa shape index (κ2) is 9.67. The van der Waals surface area contributed by atoms with Crippen LogP contribution >= 0.6 is 15.9 Å². The summed E-state index contributed by atoms with van der Waals surface area (Å²) in [6, 6.07) is 14.0. The van der Waals surface area contributed by atoms with Crippen molar-refractivity contribution in [3.63, 3.8) is 0 Å². The van der Waals surface area contributed by atoms with E-state index in [0.717, 1.165) is 22.0 Å². The Morgan fingerprint density at radius 2 is 1.92 bits per heavy atom. The molecule has 24 heavy (non-hydrogen) atoms. The van der Waals surface area contributed by atoms with Crippen molar-refractivity contribution in [1.29, 1.82) is 0 Å². The van der Waals surface area contributed by atoms with Gasteiger partial charge < -0.3 is 19.9 Å². The zero-order valence-electron chi connectivity index (χ0n) is 14.1. The molecule has 1 atom stereocenters. The molecule has 2 N–H and O–H groups in total. The number of ether oxygens (including phenoxy) is 2. The van der Waals surface area contributed by atoms with Crippen LogP contribution in [-0.4, -0.2) is 24.9 Å². The van der Waals surface area contributed by atoms with Crippen LogP contribution in [0.5, 0.6) is 11.5 Å². The average molecular weight is 394 g/mol. The minimum absolute atomic E-state index is 0.0944. The topological polar surface area (TPSA) is 50.7 Å². The summed E-state index contributed by atoms with van der Waals surface area (Å²) >= 11 is 3.59. The lowest BCUT2D eigenvalue weighted by atomic mass is 10.1. The van der Waals surface area contributed by atoms with E-state index in [9.17, 15) is 5.11 Å². The van der Waals surface area contributed by atoms with E-state index in [1.54, 1.807) is 7.11 Å². The molecule has 0 aliphatic rings. The fourth-order valence-corrected chi connectivity index (χ4v) is 2.78. The molecule has 130 valence electrons. The van der Waals surface area contributed by atoms with Crippen LogP contribution < -0.4 is 14.8 Å². The summed E-state index contributed by atoms with van der Waals surface area (Å²) in [4.78, 5) is 0. The molecule has 0 radical (unpaired) electrons. The van der Waals surface area contributed by atoms with Crippen molar-refractivity contribution in [3.05, 3.63) is 58.1 Å². The van der Waals surface area contributed by atoms with E-state index in [4.69, 9.17) is 9.47 Å². The van der Waals surface area contributed by atoms with Gasteiger partial charge in [0.2, 0.25) is 0 Å². The molecule has 0 aromatic heterocycles. The van der Waals surface area contributed by atoms with E-state index in [-0.39, 0.29) is 12.6 Å². The van der Waals surface area contributed by atoms with Gasteiger partial charge >= 0.3 is 0 Å². The first-order valence-corrected chi connectivity index (χ1v) is 8.84. The molecule has 0 amide bonds. The lowest BCUT2D eigenvalue weighted by Crippen LogP contribution is -2.31. The minimum atomic E-state index is 0.0944. The highest BCUT2D eigenvalue weighted by molar-refractivity contribution is 9.10.